The Bertz CT molecular complexity index is 419. The largest absolute Gasteiger partial charge is 0.325 e. The van der Waals surface area contributed by atoms with Crippen molar-refractivity contribution >= 4 is 11.6 Å². The monoisotopic (exact) mass is 264 g/mol. The van der Waals surface area contributed by atoms with Gasteiger partial charge in [0, 0.05) is 11.7 Å². The van der Waals surface area contributed by atoms with E-state index in [4.69, 9.17) is 0 Å². The molecular formula is C15H21FN2O. The summed E-state index contributed by atoms with van der Waals surface area (Å²) < 4.78 is 12.7. The predicted octanol–water partition coefficient (Wildman–Crippen LogP) is 2.93. The predicted molar refractivity (Wildman–Crippen MR) is 74.5 cm³/mol. The Labute approximate surface area is 113 Å². The minimum Gasteiger partial charge on any atom is -0.325 e. The summed E-state index contributed by atoms with van der Waals surface area (Å²) in [5, 5.41) is 6.05. The molecule has 0 bridgehead atoms. The quantitative estimate of drug-likeness (QED) is 0.878. The summed E-state index contributed by atoms with van der Waals surface area (Å²) in [6, 6.07) is 6.26. The number of carbonyl (C=O) groups excluding carboxylic acids is 1. The Hall–Kier alpha value is -1.42. The van der Waals surface area contributed by atoms with Crippen molar-refractivity contribution in [2.75, 3.05) is 11.9 Å². The third kappa shape index (κ3) is 4.63. The first kappa shape index (κ1) is 14.0. The number of benzene rings is 1. The van der Waals surface area contributed by atoms with Crippen LogP contribution in [-0.2, 0) is 4.79 Å². The maximum absolute atomic E-state index is 12.7. The summed E-state index contributed by atoms with van der Waals surface area (Å²) in [4.78, 5) is 11.8. The fraction of sp³-hybridized carbons (Fsp3) is 0.533. The lowest BCUT2D eigenvalue weighted by atomic mass is 9.87. The number of hydrogen-bond acceptors (Lipinski definition) is 2. The number of amides is 1. The van der Waals surface area contributed by atoms with E-state index in [2.05, 4.69) is 17.6 Å². The van der Waals surface area contributed by atoms with E-state index in [-0.39, 0.29) is 11.7 Å². The summed E-state index contributed by atoms with van der Waals surface area (Å²) in [5.41, 5.74) is 0.630. The van der Waals surface area contributed by atoms with Crippen LogP contribution < -0.4 is 10.6 Å². The first-order chi connectivity index (χ1) is 9.13. The van der Waals surface area contributed by atoms with Gasteiger partial charge in [0.15, 0.2) is 0 Å². The van der Waals surface area contributed by atoms with Crippen molar-refractivity contribution in [3.8, 4) is 0 Å². The molecule has 1 aliphatic carbocycles. The highest BCUT2D eigenvalue weighted by molar-refractivity contribution is 5.92. The summed E-state index contributed by atoms with van der Waals surface area (Å²) in [5.74, 6) is 0.364. The molecule has 104 valence electrons. The van der Waals surface area contributed by atoms with E-state index in [0.29, 0.717) is 18.3 Å². The average Bonchev–Trinajstić information content (AvgIpc) is 2.39. The van der Waals surface area contributed by atoms with Gasteiger partial charge in [-0.2, -0.15) is 0 Å². The van der Waals surface area contributed by atoms with E-state index < -0.39 is 0 Å². The molecule has 1 aliphatic rings. The molecule has 0 radical (unpaired) electrons. The lowest BCUT2D eigenvalue weighted by Gasteiger charge is -2.27. The molecule has 2 N–H and O–H groups in total. The summed E-state index contributed by atoms with van der Waals surface area (Å²) >= 11 is 0. The van der Waals surface area contributed by atoms with Crippen molar-refractivity contribution in [1.29, 1.82) is 0 Å². The lowest BCUT2D eigenvalue weighted by Crippen LogP contribution is -2.38. The van der Waals surface area contributed by atoms with E-state index in [1.165, 1.54) is 25.0 Å². The Morgan fingerprint density at radius 2 is 2.05 bits per heavy atom. The first-order valence-electron chi connectivity index (χ1n) is 6.92. The standard InChI is InChI=1S/C15H21FN2O/c1-11-3-2-4-14(9-11)17-10-15(19)18-13-7-5-12(16)6-8-13/h5-8,11,14,17H,2-4,9-10H2,1H3,(H,18,19)/t11-,14+/m0/s1. The fourth-order valence-electron chi connectivity index (χ4n) is 2.59. The van der Waals surface area contributed by atoms with Crippen molar-refractivity contribution in [2.24, 2.45) is 5.92 Å². The zero-order chi connectivity index (χ0) is 13.7. The van der Waals surface area contributed by atoms with Gasteiger partial charge in [-0.15, -0.1) is 0 Å². The van der Waals surface area contributed by atoms with Gasteiger partial charge in [0.25, 0.3) is 0 Å². The minimum atomic E-state index is -0.299. The number of halogens is 1. The molecule has 2 rings (SSSR count). The van der Waals surface area contributed by atoms with Gasteiger partial charge in [-0.25, -0.2) is 4.39 Å². The van der Waals surface area contributed by atoms with Gasteiger partial charge in [0.1, 0.15) is 5.82 Å². The maximum atomic E-state index is 12.7. The molecule has 0 unspecified atom stereocenters. The Morgan fingerprint density at radius 3 is 2.74 bits per heavy atom. The van der Waals surface area contributed by atoms with Crippen LogP contribution in [0.2, 0.25) is 0 Å². The van der Waals surface area contributed by atoms with Crippen LogP contribution in [0.15, 0.2) is 24.3 Å². The maximum Gasteiger partial charge on any atom is 0.238 e. The molecule has 4 heteroatoms. The van der Waals surface area contributed by atoms with Gasteiger partial charge in [-0.1, -0.05) is 19.8 Å². The van der Waals surface area contributed by atoms with Crippen LogP contribution in [0.3, 0.4) is 0 Å². The number of anilines is 1. The van der Waals surface area contributed by atoms with Crippen LogP contribution in [-0.4, -0.2) is 18.5 Å². The van der Waals surface area contributed by atoms with Gasteiger partial charge < -0.3 is 10.6 Å². The third-order valence-electron chi connectivity index (χ3n) is 3.62. The molecule has 0 saturated heterocycles. The molecule has 0 aliphatic heterocycles. The SMILES string of the molecule is C[C@H]1CCC[C@@H](NCC(=O)Nc2ccc(F)cc2)C1. The van der Waals surface area contributed by atoms with Crippen LogP contribution in [0, 0.1) is 11.7 Å². The highest BCUT2D eigenvalue weighted by Gasteiger charge is 2.18. The zero-order valence-corrected chi connectivity index (χ0v) is 11.3. The second kappa shape index (κ2) is 6.66. The van der Waals surface area contributed by atoms with Crippen LogP contribution in [0.4, 0.5) is 10.1 Å². The van der Waals surface area contributed by atoms with Crippen molar-refractivity contribution in [2.45, 2.75) is 38.6 Å². The van der Waals surface area contributed by atoms with Crippen LogP contribution in [0.25, 0.3) is 0 Å². The molecule has 3 nitrogen and oxygen atoms in total. The number of hydrogen-bond donors (Lipinski definition) is 2. The average molecular weight is 264 g/mol. The van der Waals surface area contributed by atoms with Crippen LogP contribution in [0.5, 0.6) is 0 Å². The van der Waals surface area contributed by atoms with Crippen molar-refractivity contribution in [3.05, 3.63) is 30.1 Å². The Kier molecular flexibility index (Phi) is 4.91. The van der Waals surface area contributed by atoms with Gasteiger partial charge >= 0.3 is 0 Å². The molecule has 1 aromatic rings. The van der Waals surface area contributed by atoms with Crippen molar-refractivity contribution in [3.63, 3.8) is 0 Å². The zero-order valence-electron chi connectivity index (χ0n) is 11.3. The Morgan fingerprint density at radius 1 is 1.32 bits per heavy atom. The van der Waals surface area contributed by atoms with Crippen LogP contribution in [0.1, 0.15) is 32.6 Å². The van der Waals surface area contributed by atoms with Gasteiger partial charge in [0.05, 0.1) is 6.54 Å². The highest BCUT2D eigenvalue weighted by Crippen LogP contribution is 2.23. The summed E-state index contributed by atoms with van der Waals surface area (Å²) in [6.45, 7) is 2.57. The second-order valence-corrected chi connectivity index (χ2v) is 5.40. The normalized spacial score (nSPS) is 23.1. The smallest absolute Gasteiger partial charge is 0.238 e. The topological polar surface area (TPSA) is 41.1 Å². The molecule has 1 fully saturated rings. The third-order valence-corrected chi connectivity index (χ3v) is 3.62. The molecule has 0 aromatic heterocycles. The van der Waals surface area contributed by atoms with E-state index in [1.54, 1.807) is 12.1 Å². The molecular weight excluding hydrogens is 243 g/mol. The van der Waals surface area contributed by atoms with Crippen molar-refractivity contribution < 1.29 is 9.18 Å². The number of rotatable bonds is 4. The lowest BCUT2D eigenvalue weighted by molar-refractivity contribution is -0.115. The fourth-order valence-corrected chi connectivity index (χ4v) is 2.59. The number of carbonyl (C=O) groups is 1. The van der Waals surface area contributed by atoms with Gasteiger partial charge in [-0.05, 0) is 43.0 Å². The van der Waals surface area contributed by atoms with E-state index in [0.717, 1.165) is 18.8 Å². The molecule has 1 amide bonds. The Balaban J connectivity index is 1.73. The van der Waals surface area contributed by atoms with E-state index >= 15 is 0 Å². The minimum absolute atomic E-state index is 0.0789. The molecule has 0 heterocycles. The summed E-state index contributed by atoms with van der Waals surface area (Å²) in [7, 11) is 0. The van der Waals surface area contributed by atoms with E-state index in [1.807, 2.05) is 0 Å². The first-order valence-corrected chi connectivity index (χ1v) is 6.92. The highest BCUT2D eigenvalue weighted by atomic mass is 19.1. The van der Waals surface area contributed by atoms with Gasteiger partial charge in [-0.3, -0.25) is 4.79 Å². The molecule has 1 aromatic carbocycles. The second-order valence-electron chi connectivity index (χ2n) is 5.40. The molecule has 1 saturated carbocycles. The van der Waals surface area contributed by atoms with Crippen LogP contribution >= 0.6 is 0 Å². The van der Waals surface area contributed by atoms with Gasteiger partial charge in [0.2, 0.25) is 5.91 Å². The van der Waals surface area contributed by atoms with E-state index in [9.17, 15) is 9.18 Å². The molecule has 0 spiro atoms. The molecule has 2 atom stereocenters. The van der Waals surface area contributed by atoms with Crippen molar-refractivity contribution in [1.82, 2.24) is 5.32 Å². The molecule has 19 heavy (non-hydrogen) atoms. The summed E-state index contributed by atoms with van der Waals surface area (Å²) in [6.07, 6.45) is 4.82. The number of nitrogens with one attached hydrogen (secondary N) is 2.